The second-order valence-corrected chi connectivity index (χ2v) is 3.72. The van der Waals surface area contributed by atoms with E-state index in [0.29, 0.717) is 5.96 Å². The maximum Gasteiger partial charge on any atom is 0.189 e. The Bertz CT molecular complexity index is 266. The highest BCUT2D eigenvalue weighted by Gasteiger charge is 2.05. The molecule has 0 aromatic carbocycles. The average Bonchev–Trinajstić information content (AvgIpc) is 2.55. The van der Waals surface area contributed by atoms with Crippen LogP contribution in [0.3, 0.4) is 0 Å². The molecule has 1 unspecified atom stereocenters. The quantitative estimate of drug-likeness (QED) is 0.573. The second-order valence-electron chi connectivity index (χ2n) is 2.74. The zero-order valence-electron chi connectivity index (χ0n) is 7.95. The first-order valence-corrected chi connectivity index (χ1v) is 5.22. The van der Waals surface area contributed by atoms with Crippen LogP contribution in [-0.2, 0) is 0 Å². The van der Waals surface area contributed by atoms with Crippen molar-refractivity contribution in [2.24, 2.45) is 10.7 Å². The number of nitrogens with zero attached hydrogens (tertiary/aromatic N) is 1. The zero-order chi connectivity index (χ0) is 9.68. The second kappa shape index (κ2) is 4.87. The topological polar surface area (TPSA) is 50.4 Å². The van der Waals surface area contributed by atoms with Crippen LogP contribution in [0.15, 0.2) is 22.5 Å². The molecule has 1 aromatic rings. The molecule has 0 aliphatic rings. The highest BCUT2D eigenvalue weighted by Crippen LogP contribution is 2.17. The fourth-order valence-electron chi connectivity index (χ4n) is 1.05. The standard InChI is InChI=1S/C9H15N3S/c1-3-11-9(10)12-7(2)8-5-4-6-13-8/h4-7H,3H2,1-2H3,(H3,10,11,12). The van der Waals surface area contributed by atoms with Crippen molar-refractivity contribution in [2.75, 3.05) is 6.54 Å². The molecule has 1 atom stereocenters. The van der Waals surface area contributed by atoms with Crippen molar-refractivity contribution in [1.29, 1.82) is 0 Å². The number of hydrogen-bond acceptors (Lipinski definition) is 2. The first-order chi connectivity index (χ1) is 6.24. The van der Waals surface area contributed by atoms with Gasteiger partial charge < -0.3 is 11.1 Å². The van der Waals surface area contributed by atoms with Crippen LogP contribution in [-0.4, -0.2) is 12.5 Å². The number of nitrogens with one attached hydrogen (secondary N) is 1. The predicted molar refractivity (Wildman–Crippen MR) is 58.0 cm³/mol. The average molecular weight is 197 g/mol. The molecule has 0 amide bonds. The minimum Gasteiger partial charge on any atom is -0.370 e. The monoisotopic (exact) mass is 197 g/mol. The van der Waals surface area contributed by atoms with Crippen LogP contribution in [0.4, 0.5) is 0 Å². The Hall–Kier alpha value is -1.03. The van der Waals surface area contributed by atoms with Crippen LogP contribution >= 0.6 is 11.3 Å². The molecule has 4 heteroatoms. The minimum atomic E-state index is 0.246. The lowest BCUT2D eigenvalue weighted by molar-refractivity contribution is 0.723. The molecule has 0 saturated carbocycles. The van der Waals surface area contributed by atoms with Crippen molar-refractivity contribution >= 4 is 17.3 Å². The highest BCUT2D eigenvalue weighted by molar-refractivity contribution is 7.10. The summed E-state index contributed by atoms with van der Waals surface area (Å²) in [4.78, 5) is 5.33. The van der Waals surface area contributed by atoms with Crippen molar-refractivity contribution in [2.45, 2.75) is 19.9 Å². The lowest BCUT2D eigenvalue weighted by Gasteiger charge is -2.12. The molecule has 1 rings (SSSR count). The predicted octanol–water partition coefficient (Wildman–Crippen LogP) is 1.73. The summed E-state index contributed by atoms with van der Waals surface area (Å²) >= 11 is 1.72. The Morgan fingerprint density at radius 2 is 2.54 bits per heavy atom. The molecule has 1 heterocycles. The third-order valence-electron chi connectivity index (χ3n) is 1.66. The van der Waals surface area contributed by atoms with E-state index in [1.807, 2.05) is 13.0 Å². The smallest absolute Gasteiger partial charge is 0.189 e. The van der Waals surface area contributed by atoms with E-state index in [2.05, 4.69) is 28.7 Å². The maximum atomic E-state index is 5.63. The van der Waals surface area contributed by atoms with Gasteiger partial charge in [-0.3, -0.25) is 4.99 Å². The summed E-state index contributed by atoms with van der Waals surface area (Å²) in [6, 6.07) is 4.36. The van der Waals surface area contributed by atoms with Gasteiger partial charge in [0.1, 0.15) is 0 Å². The molecule has 0 aliphatic carbocycles. The van der Waals surface area contributed by atoms with Crippen LogP contribution in [0.2, 0.25) is 0 Å². The van der Waals surface area contributed by atoms with Gasteiger partial charge in [0.05, 0.1) is 6.04 Å². The maximum absolute atomic E-state index is 5.63. The van der Waals surface area contributed by atoms with Crippen molar-refractivity contribution in [1.82, 2.24) is 5.32 Å². The Kier molecular flexibility index (Phi) is 3.76. The van der Waals surface area contributed by atoms with Gasteiger partial charge >= 0.3 is 0 Å². The van der Waals surface area contributed by atoms with Gasteiger partial charge in [-0.2, -0.15) is 0 Å². The van der Waals surface area contributed by atoms with Crippen LogP contribution in [0.1, 0.15) is 24.8 Å². The Morgan fingerprint density at radius 1 is 1.77 bits per heavy atom. The summed E-state index contributed by atoms with van der Waals surface area (Å²) in [5, 5.41) is 5.18. The van der Waals surface area contributed by atoms with Gasteiger partial charge in [0.2, 0.25) is 0 Å². The van der Waals surface area contributed by atoms with Gasteiger partial charge in [0, 0.05) is 11.4 Å². The number of thiophene rings is 1. The van der Waals surface area contributed by atoms with E-state index in [0.717, 1.165) is 6.54 Å². The minimum absolute atomic E-state index is 0.246. The highest BCUT2D eigenvalue weighted by atomic mass is 32.1. The molecule has 0 radical (unpaired) electrons. The van der Waals surface area contributed by atoms with Gasteiger partial charge in [0.25, 0.3) is 0 Å². The summed E-state index contributed by atoms with van der Waals surface area (Å²) in [5.41, 5.74) is 5.63. The number of guanidine groups is 1. The summed E-state index contributed by atoms with van der Waals surface area (Å²) in [6.45, 7) is 4.75. The molecule has 72 valence electrons. The first kappa shape index (κ1) is 10.1. The van der Waals surface area contributed by atoms with Crippen molar-refractivity contribution in [3.63, 3.8) is 0 Å². The van der Waals surface area contributed by atoms with Crippen LogP contribution in [0.25, 0.3) is 0 Å². The van der Waals surface area contributed by atoms with E-state index >= 15 is 0 Å². The molecule has 3 nitrogen and oxygen atoms in total. The lowest BCUT2D eigenvalue weighted by Crippen LogP contribution is -2.33. The SMILES string of the molecule is CCN=C(N)NC(C)c1cccs1. The summed E-state index contributed by atoms with van der Waals surface area (Å²) in [6.07, 6.45) is 0. The third kappa shape index (κ3) is 3.06. The van der Waals surface area contributed by atoms with Crippen LogP contribution in [0.5, 0.6) is 0 Å². The number of nitrogens with two attached hydrogens (primary N) is 1. The lowest BCUT2D eigenvalue weighted by atomic mass is 10.3. The molecule has 13 heavy (non-hydrogen) atoms. The van der Waals surface area contributed by atoms with E-state index in [1.54, 1.807) is 11.3 Å². The number of aliphatic imine (C=N–C) groups is 1. The first-order valence-electron chi connectivity index (χ1n) is 4.34. The molecule has 0 aliphatic heterocycles. The summed E-state index contributed by atoms with van der Waals surface area (Å²) in [7, 11) is 0. The van der Waals surface area contributed by atoms with Gasteiger partial charge in [-0.15, -0.1) is 11.3 Å². The molecule has 3 N–H and O–H groups in total. The number of rotatable bonds is 3. The largest absolute Gasteiger partial charge is 0.370 e. The fraction of sp³-hybridized carbons (Fsp3) is 0.444. The summed E-state index contributed by atoms with van der Waals surface area (Å²) < 4.78 is 0. The normalized spacial score (nSPS) is 14.2. The van der Waals surface area contributed by atoms with Crippen LogP contribution < -0.4 is 11.1 Å². The van der Waals surface area contributed by atoms with Crippen molar-refractivity contribution in [3.05, 3.63) is 22.4 Å². The van der Waals surface area contributed by atoms with Gasteiger partial charge in [-0.05, 0) is 25.3 Å². The van der Waals surface area contributed by atoms with E-state index in [-0.39, 0.29) is 6.04 Å². The molecule has 0 spiro atoms. The molecular formula is C9H15N3S. The molecule has 0 saturated heterocycles. The van der Waals surface area contributed by atoms with Crippen molar-refractivity contribution < 1.29 is 0 Å². The summed E-state index contributed by atoms with van der Waals surface area (Å²) in [5.74, 6) is 0.517. The molecule has 0 fully saturated rings. The van der Waals surface area contributed by atoms with Gasteiger partial charge in [0.15, 0.2) is 5.96 Å². The van der Waals surface area contributed by atoms with E-state index < -0.39 is 0 Å². The van der Waals surface area contributed by atoms with Gasteiger partial charge in [-0.25, -0.2) is 0 Å². The Balaban J connectivity index is 2.51. The van der Waals surface area contributed by atoms with E-state index in [1.165, 1.54) is 4.88 Å². The third-order valence-corrected chi connectivity index (χ3v) is 2.72. The fourth-order valence-corrected chi connectivity index (χ4v) is 1.78. The Labute approximate surface area is 82.7 Å². The number of hydrogen-bond donors (Lipinski definition) is 2. The zero-order valence-corrected chi connectivity index (χ0v) is 8.77. The molecule has 0 bridgehead atoms. The van der Waals surface area contributed by atoms with E-state index in [4.69, 9.17) is 5.73 Å². The molecule has 1 aromatic heterocycles. The van der Waals surface area contributed by atoms with E-state index in [9.17, 15) is 0 Å². The van der Waals surface area contributed by atoms with Crippen LogP contribution in [0, 0.1) is 0 Å². The van der Waals surface area contributed by atoms with Crippen molar-refractivity contribution in [3.8, 4) is 0 Å². The Morgan fingerprint density at radius 3 is 3.08 bits per heavy atom. The van der Waals surface area contributed by atoms with Gasteiger partial charge in [-0.1, -0.05) is 6.07 Å². The molecular weight excluding hydrogens is 182 g/mol.